The van der Waals surface area contributed by atoms with Crippen molar-refractivity contribution in [1.82, 2.24) is 4.98 Å². The maximum atomic E-state index is 12.3. The number of benzene rings is 2. The molecule has 1 aromatic heterocycles. The van der Waals surface area contributed by atoms with Crippen LogP contribution in [0.3, 0.4) is 0 Å². The Bertz CT molecular complexity index is 995. The molecule has 2 amide bonds. The molecule has 0 aliphatic rings. The summed E-state index contributed by atoms with van der Waals surface area (Å²) < 4.78 is 10.7. The number of rotatable bonds is 7. The maximum absolute atomic E-state index is 12.3. The van der Waals surface area contributed by atoms with Gasteiger partial charge in [0, 0.05) is 29.2 Å². The Kier molecular flexibility index (Phi) is 6.65. The zero-order valence-corrected chi connectivity index (χ0v) is 16.3. The van der Waals surface area contributed by atoms with E-state index in [2.05, 4.69) is 15.6 Å². The number of hydrogen-bond acceptors (Lipinski definition) is 5. The molecule has 0 spiro atoms. The summed E-state index contributed by atoms with van der Waals surface area (Å²) in [7, 11) is 1.48. The van der Waals surface area contributed by atoms with Gasteiger partial charge >= 0.3 is 0 Å². The first kappa shape index (κ1) is 20.2. The molecule has 0 bridgehead atoms. The van der Waals surface area contributed by atoms with Crippen molar-refractivity contribution in [3.8, 4) is 11.5 Å². The van der Waals surface area contributed by atoms with Gasteiger partial charge in [0.1, 0.15) is 11.5 Å². The zero-order valence-electron chi connectivity index (χ0n) is 15.5. The number of pyridine rings is 1. The van der Waals surface area contributed by atoms with Crippen LogP contribution in [0, 0.1) is 0 Å². The highest BCUT2D eigenvalue weighted by Crippen LogP contribution is 2.28. The number of carbonyl (C=O) groups excluding carboxylic acids is 2. The van der Waals surface area contributed by atoms with Crippen molar-refractivity contribution >= 4 is 34.8 Å². The molecule has 0 fully saturated rings. The molecular weight excluding hydrogens is 394 g/mol. The summed E-state index contributed by atoms with van der Waals surface area (Å²) in [5.74, 6) is 0.285. The molecule has 0 aliphatic heterocycles. The van der Waals surface area contributed by atoms with Gasteiger partial charge in [-0.25, -0.2) is 0 Å². The molecule has 29 heavy (non-hydrogen) atoms. The van der Waals surface area contributed by atoms with E-state index in [1.807, 2.05) is 0 Å². The van der Waals surface area contributed by atoms with Crippen molar-refractivity contribution in [3.05, 3.63) is 77.6 Å². The predicted molar refractivity (Wildman–Crippen MR) is 111 cm³/mol. The Balaban J connectivity index is 1.61. The van der Waals surface area contributed by atoms with Gasteiger partial charge in [0.05, 0.1) is 18.4 Å². The van der Waals surface area contributed by atoms with Crippen LogP contribution < -0.4 is 20.1 Å². The van der Waals surface area contributed by atoms with Crippen LogP contribution in [0.5, 0.6) is 11.5 Å². The van der Waals surface area contributed by atoms with E-state index >= 15 is 0 Å². The van der Waals surface area contributed by atoms with E-state index in [9.17, 15) is 9.59 Å². The molecule has 0 saturated carbocycles. The van der Waals surface area contributed by atoms with Crippen molar-refractivity contribution in [2.45, 2.75) is 0 Å². The molecule has 0 radical (unpaired) electrons. The molecule has 7 nitrogen and oxygen atoms in total. The largest absolute Gasteiger partial charge is 0.494 e. The molecule has 3 rings (SSSR count). The highest BCUT2D eigenvalue weighted by molar-refractivity contribution is 6.30. The summed E-state index contributed by atoms with van der Waals surface area (Å²) in [5, 5.41) is 6.06. The SMILES string of the molecule is COc1cc(NC(=O)COc2ccc(Cl)cc2)ccc1NC(=O)c1cccnc1. The maximum Gasteiger partial charge on any atom is 0.262 e. The fourth-order valence-electron chi connectivity index (χ4n) is 2.44. The monoisotopic (exact) mass is 411 g/mol. The van der Waals surface area contributed by atoms with Gasteiger partial charge < -0.3 is 20.1 Å². The lowest BCUT2D eigenvalue weighted by Crippen LogP contribution is -2.20. The average molecular weight is 412 g/mol. The average Bonchev–Trinajstić information content (AvgIpc) is 2.75. The highest BCUT2D eigenvalue weighted by Gasteiger charge is 2.12. The minimum Gasteiger partial charge on any atom is -0.494 e. The number of methoxy groups -OCH3 is 1. The molecule has 8 heteroatoms. The lowest BCUT2D eigenvalue weighted by molar-refractivity contribution is -0.118. The number of anilines is 2. The first-order valence-corrected chi connectivity index (χ1v) is 9.00. The summed E-state index contributed by atoms with van der Waals surface area (Å²) in [6.07, 6.45) is 3.06. The van der Waals surface area contributed by atoms with Crippen LogP contribution in [0.15, 0.2) is 67.0 Å². The smallest absolute Gasteiger partial charge is 0.262 e. The molecule has 0 aliphatic carbocycles. The minimum absolute atomic E-state index is 0.163. The van der Waals surface area contributed by atoms with Crippen LogP contribution in [0.4, 0.5) is 11.4 Å². The van der Waals surface area contributed by atoms with Crippen LogP contribution in [0.1, 0.15) is 10.4 Å². The third-order valence-corrected chi connectivity index (χ3v) is 4.09. The second kappa shape index (κ2) is 9.57. The van der Waals surface area contributed by atoms with Crippen molar-refractivity contribution in [2.75, 3.05) is 24.4 Å². The Morgan fingerprint density at radius 3 is 2.55 bits per heavy atom. The topological polar surface area (TPSA) is 89.5 Å². The van der Waals surface area contributed by atoms with Gasteiger partial charge in [-0.3, -0.25) is 14.6 Å². The molecule has 0 atom stereocenters. The van der Waals surface area contributed by atoms with E-state index in [-0.39, 0.29) is 18.4 Å². The second-order valence-corrected chi connectivity index (χ2v) is 6.34. The molecule has 3 aromatic rings. The molecular formula is C21H18ClN3O4. The third-order valence-electron chi connectivity index (χ3n) is 3.84. The second-order valence-electron chi connectivity index (χ2n) is 5.90. The standard InChI is InChI=1S/C21H18ClN3O4/c1-28-19-11-16(24-20(26)13-29-17-7-4-15(22)5-8-17)6-9-18(19)25-21(27)14-3-2-10-23-12-14/h2-12H,13H2,1H3,(H,24,26)(H,25,27). The van der Waals surface area contributed by atoms with E-state index in [1.54, 1.807) is 60.8 Å². The van der Waals surface area contributed by atoms with Gasteiger partial charge in [0.25, 0.3) is 11.8 Å². The number of aromatic nitrogens is 1. The minimum atomic E-state index is -0.339. The van der Waals surface area contributed by atoms with E-state index in [0.717, 1.165) is 0 Å². The van der Waals surface area contributed by atoms with E-state index < -0.39 is 0 Å². The van der Waals surface area contributed by atoms with Crippen LogP contribution >= 0.6 is 11.6 Å². The number of nitrogens with one attached hydrogen (secondary N) is 2. The quantitative estimate of drug-likeness (QED) is 0.613. The Hall–Kier alpha value is -3.58. The van der Waals surface area contributed by atoms with Gasteiger partial charge in [0.15, 0.2) is 6.61 Å². The lowest BCUT2D eigenvalue weighted by atomic mass is 10.2. The summed E-state index contributed by atoms with van der Waals surface area (Å²) in [6, 6.07) is 15.0. The number of halogens is 1. The predicted octanol–water partition coefficient (Wildman–Crippen LogP) is 4.01. The van der Waals surface area contributed by atoms with Crippen molar-refractivity contribution < 1.29 is 19.1 Å². The summed E-state index contributed by atoms with van der Waals surface area (Å²) in [6.45, 7) is -0.163. The molecule has 2 N–H and O–H groups in total. The van der Waals surface area contributed by atoms with Crippen molar-refractivity contribution in [1.29, 1.82) is 0 Å². The van der Waals surface area contributed by atoms with Crippen LogP contribution in [-0.4, -0.2) is 30.5 Å². The Morgan fingerprint density at radius 1 is 1.07 bits per heavy atom. The normalized spacial score (nSPS) is 10.1. The fraction of sp³-hybridized carbons (Fsp3) is 0.0952. The summed E-state index contributed by atoms with van der Waals surface area (Å²) in [4.78, 5) is 28.3. The summed E-state index contributed by atoms with van der Waals surface area (Å²) >= 11 is 5.81. The summed E-state index contributed by atoms with van der Waals surface area (Å²) in [5.41, 5.74) is 1.40. The van der Waals surface area contributed by atoms with Crippen LogP contribution in [-0.2, 0) is 4.79 Å². The Labute approximate surface area is 172 Å². The van der Waals surface area contributed by atoms with E-state index in [0.29, 0.717) is 33.5 Å². The van der Waals surface area contributed by atoms with E-state index in [4.69, 9.17) is 21.1 Å². The van der Waals surface area contributed by atoms with Gasteiger partial charge in [-0.1, -0.05) is 11.6 Å². The first-order valence-electron chi connectivity index (χ1n) is 8.63. The van der Waals surface area contributed by atoms with Crippen molar-refractivity contribution in [2.24, 2.45) is 0 Å². The third kappa shape index (κ3) is 5.70. The highest BCUT2D eigenvalue weighted by atomic mass is 35.5. The van der Waals surface area contributed by atoms with Crippen LogP contribution in [0.2, 0.25) is 5.02 Å². The van der Waals surface area contributed by atoms with Gasteiger partial charge in [-0.15, -0.1) is 0 Å². The van der Waals surface area contributed by atoms with Gasteiger partial charge in [-0.05, 0) is 48.5 Å². The molecule has 1 heterocycles. The lowest BCUT2D eigenvalue weighted by Gasteiger charge is -2.13. The molecule has 0 unspecified atom stereocenters. The Morgan fingerprint density at radius 2 is 1.86 bits per heavy atom. The number of carbonyl (C=O) groups is 2. The number of hydrogen-bond donors (Lipinski definition) is 2. The van der Waals surface area contributed by atoms with Crippen molar-refractivity contribution in [3.63, 3.8) is 0 Å². The molecule has 148 valence electrons. The number of ether oxygens (including phenoxy) is 2. The number of nitrogens with zero attached hydrogens (tertiary/aromatic N) is 1. The van der Waals surface area contributed by atoms with Gasteiger partial charge in [-0.2, -0.15) is 0 Å². The molecule has 2 aromatic carbocycles. The first-order chi connectivity index (χ1) is 14.0. The fourth-order valence-corrected chi connectivity index (χ4v) is 2.57. The van der Waals surface area contributed by atoms with Gasteiger partial charge in [0.2, 0.25) is 0 Å². The zero-order chi connectivity index (χ0) is 20.6. The van der Waals surface area contributed by atoms with E-state index in [1.165, 1.54) is 13.3 Å². The number of amides is 2. The van der Waals surface area contributed by atoms with Crippen LogP contribution in [0.25, 0.3) is 0 Å². The molecule has 0 saturated heterocycles.